The summed E-state index contributed by atoms with van der Waals surface area (Å²) in [5, 5.41) is 6.85. The van der Waals surface area contributed by atoms with Crippen LogP contribution in [0.2, 0.25) is 15.1 Å². The summed E-state index contributed by atoms with van der Waals surface area (Å²) >= 11 is 17.8. The molecular weight excluding hydrogens is 419 g/mol. The third-order valence-electron chi connectivity index (χ3n) is 3.96. The van der Waals surface area contributed by atoms with Crippen LogP contribution in [0.5, 0.6) is 0 Å². The van der Waals surface area contributed by atoms with E-state index in [4.69, 9.17) is 34.8 Å². The van der Waals surface area contributed by atoms with Crippen molar-refractivity contribution in [3.8, 4) is 0 Å². The Balaban J connectivity index is 1.74. The lowest BCUT2D eigenvalue weighted by atomic mass is 10.1. The molecule has 0 aliphatic rings. The number of hydrogen-bond acceptors (Lipinski definition) is 2. The predicted molar refractivity (Wildman–Crippen MR) is 113 cm³/mol. The highest BCUT2D eigenvalue weighted by molar-refractivity contribution is 6.37. The standard InChI is InChI=1S/C21H15Cl3N2O2/c22-14-7-5-13(6-8-14)12-25-20(27)17-3-1-2-4-19(17)26-21(28)16-10-9-15(23)11-18(16)24/h1-11H,12H2,(H,25,27)(H,26,28). The fourth-order valence-corrected chi connectivity index (χ4v) is 3.15. The zero-order chi connectivity index (χ0) is 20.1. The van der Waals surface area contributed by atoms with Gasteiger partial charge in [0.1, 0.15) is 0 Å². The molecule has 3 aromatic rings. The summed E-state index contributed by atoms with van der Waals surface area (Å²) in [6.45, 7) is 0.335. The third kappa shape index (κ3) is 5.04. The first-order valence-electron chi connectivity index (χ1n) is 8.32. The number of carbonyl (C=O) groups excluding carboxylic acids is 2. The second-order valence-corrected chi connectivity index (χ2v) is 7.21. The first-order chi connectivity index (χ1) is 13.4. The number of hydrogen-bond donors (Lipinski definition) is 2. The van der Waals surface area contributed by atoms with Gasteiger partial charge >= 0.3 is 0 Å². The number of rotatable bonds is 5. The Bertz CT molecular complexity index is 1020. The zero-order valence-corrected chi connectivity index (χ0v) is 16.8. The zero-order valence-electron chi connectivity index (χ0n) is 14.5. The topological polar surface area (TPSA) is 58.2 Å². The normalized spacial score (nSPS) is 10.4. The van der Waals surface area contributed by atoms with Crippen LogP contribution in [0.1, 0.15) is 26.3 Å². The largest absolute Gasteiger partial charge is 0.348 e. The summed E-state index contributed by atoms with van der Waals surface area (Å²) in [6, 6.07) is 18.5. The fraction of sp³-hybridized carbons (Fsp3) is 0.0476. The van der Waals surface area contributed by atoms with Crippen molar-refractivity contribution in [2.75, 3.05) is 5.32 Å². The van der Waals surface area contributed by atoms with E-state index in [-0.39, 0.29) is 16.5 Å². The van der Waals surface area contributed by atoms with E-state index in [1.165, 1.54) is 12.1 Å². The van der Waals surface area contributed by atoms with Gasteiger partial charge in [-0.1, -0.05) is 59.1 Å². The van der Waals surface area contributed by atoms with Gasteiger partial charge in [0.15, 0.2) is 0 Å². The van der Waals surface area contributed by atoms with E-state index in [2.05, 4.69) is 10.6 Å². The minimum atomic E-state index is -0.431. The molecule has 7 heteroatoms. The van der Waals surface area contributed by atoms with E-state index in [1.54, 1.807) is 42.5 Å². The molecule has 0 saturated heterocycles. The first-order valence-corrected chi connectivity index (χ1v) is 9.45. The second kappa shape index (κ2) is 9.11. The Hall–Kier alpha value is -2.53. The van der Waals surface area contributed by atoms with Crippen LogP contribution in [0.15, 0.2) is 66.7 Å². The monoisotopic (exact) mass is 432 g/mol. The fourth-order valence-electron chi connectivity index (χ4n) is 2.53. The molecule has 0 spiro atoms. The van der Waals surface area contributed by atoms with E-state index < -0.39 is 5.91 Å². The van der Waals surface area contributed by atoms with Crippen LogP contribution in [-0.4, -0.2) is 11.8 Å². The van der Waals surface area contributed by atoms with Gasteiger partial charge in [-0.2, -0.15) is 0 Å². The van der Waals surface area contributed by atoms with Crippen LogP contribution in [0.25, 0.3) is 0 Å². The van der Waals surface area contributed by atoms with Gasteiger partial charge in [-0.05, 0) is 48.0 Å². The first kappa shape index (κ1) is 20.2. The molecule has 28 heavy (non-hydrogen) atoms. The molecule has 0 fully saturated rings. The van der Waals surface area contributed by atoms with Gasteiger partial charge in [-0.25, -0.2) is 0 Å². The summed E-state index contributed by atoms with van der Waals surface area (Å²) in [5.74, 6) is -0.743. The smallest absolute Gasteiger partial charge is 0.257 e. The quantitative estimate of drug-likeness (QED) is 0.532. The number of amides is 2. The molecule has 0 heterocycles. The summed E-state index contributed by atoms with van der Waals surface area (Å²) in [7, 11) is 0. The maximum absolute atomic E-state index is 12.6. The number of para-hydroxylation sites is 1. The lowest BCUT2D eigenvalue weighted by molar-refractivity contribution is 0.0952. The van der Waals surface area contributed by atoms with E-state index in [1.807, 2.05) is 12.1 Å². The molecule has 0 aromatic heterocycles. The summed E-state index contributed by atoms with van der Waals surface area (Å²) in [5.41, 5.74) is 1.90. The summed E-state index contributed by atoms with van der Waals surface area (Å²) in [4.78, 5) is 25.2. The minimum Gasteiger partial charge on any atom is -0.348 e. The Morgan fingerprint density at radius 1 is 0.750 bits per heavy atom. The van der Waals surface area contributed by atoms with Gasteiger partial charge in [-0.3, -0.25) is 9.59 Å². The van der Waals surface area contributed by atoms with Gasteiger partial charge in [-0.15, -0.1) is 0 Å². The summed E-state index contributed by atoms with van der Waals surface area (Å²) in [6.07, 6.45) is 0. The molecule has 0 saturated carbocycles. The average Bonchev–Trinajstić information content (AvgIpc) is 2.67. The number of carbonyl (C=O) groups is 2. The molecule has 0 bridgehead atoms. The molecule has 2 amide bonds. The highest BCUT2D eigenvalue weighted by Crippen LogP contribution is 2.23. The summed E-state index contributed by atoms with van der Waals surface area (Å²) < 4.78 is 0. The molecule has 142 valence electrons. The van der Waals surface area contributed by atoms with Crippen molar-refractivity contribution in [1.82, 2.24) is 5.32 Å². The Morgan fingerprint density at radius 2 is 1.43 bits per heavy atom. The lowest BCUT2D eigenvalue weighted by Gasteiger charge is -2.12. The van der Waals surface area contributed by atoms with Gasteiger partial charge in [0.25, 0.3) is 11.8 Å². The van der Waals surface area contributed by atoms with Crippen molar-refractivity contribution in [3.05, 3.63) is 98.5 Å². The molecule has 0 unspecified atom stereocenters. The van der Waals surface area contributed by atoms with Crippen molar-refractivity contribution in [3.63, 3.8) is 0 Å². The van der Waals surface area contributed by atoms with Crippen LogP contribution in [0, 0.1) is 0 Å². The molecule has 2 N–H and O–H groups in total. The number of halogens is 3. The third-order valence-corrected chi connectivity index (χ3v) is 4.76. The number of anilines is 1. The predicted octanol–water partition coefficient (Wildman–Crippen LogP) is 5.83. The second-order valence-electron chi connectivity index (χ2n) is 5.93. The average molecular weight is 434 g/mol. The SMILES string of the molecule is O=C(Nc1ccccc1C(=O)NCc1ccc(Cl)cc1)c1ccc(Cl)cc1Cl. The van der Waals surface area contributed by atoms with E-state index in [9.17, 15) is 9.59 Å². The van der Waals surface area contributed by atoms with Gasteiger partial charge < -0.3 is 10.6 Å². The van der Waals surface area contributed by atoms with Crippen molar-refractivity contribution < 1.29 is 9.59 Å². The molecule has 0 aliphatic carbocycles. The van der Waals surface area contributed by atoms with Crippen molar-refractivity contribution in [2.45, 2.75) is 6.54 Å². The highest BCUT2D eigenvalue weighted by Gasteiger charge is 2.16. The maximum atomic E-state index is 12.6. The van der Waals surface area contributed by atoms with E-state index in [0.717, 1.165) is 5.56 Å². The number of benzene rings is 3. The van der Waals surface area contributed by atoms with E-state index >= 15 is 0 Å². The van der Waals surface area contributed by atoms with E-state index in [0.29, 0.717) is 27.8 Å². The molecule has 0 atom stereocenters. The van der Waals surface area contributed by atoms with Crippen molar-refractivity contribution in [1.29, 1.82) is 0 Å². The molecule has 3 aromatic carbocycles. The highest BCUT2D eigenvalue weighted by atomic mass is 35.5. The van der Waals surface area contributed by atoms with Gasteiger partial charge in [0, 0.05) is 16.6 Å². The molecular formula is C21H15Cl3N2O2. The maximum Gasteiger partial charge on any atom is 0.257 e. The molecule has 0 aliphatic heterocycles. The van der Waals surface area contributed by atoms with Crippen LogP contribution in [0.3, 0.4) is 0 Å². The van der Waals surface area contributed by atoms with Crippen LogP contribution in [-0.2, 0) is 6.54 Å². The Kier molecular flexibility index (Phi) is 6.57. The van der Waals surface area contributed by atoms with Gasteiger partial charge in [0.2, 0.25) is 0 Å². The Morgan fingerprint density at radius 3 is 2.14 bits per heavy atom. The molecule has 0 radical (unpaired) electrons. The Labute approximate surface area is 177 Å². The van der Waals surface area contributed by atoms with Crippen LogP contribution < -0.4 is 10.6 Å². The molecule has 4 nitrogen and oxygen atoms in total. The molecule has 3 rings (SSSR count). The van der Waals surface area contributed by atoms with Crippen molar-refractivity contribution >= 4 is 52.3 Å². The number of nitrogens with one attached hydrogen (secondary N) is 2. The minimum absolute atomic E-state index is 0.231. The van der Waals surface area contributed by atoms with Crippen molar-refractivity contribution in [2.24, 2.45) is 0 Å². The lowest BCUT2D eigenvalue weighted by Crippen LogP contribution is -2.25. The van der Waals surface area contributed by atoms with Gasteiger partial charge in [0.05, 0.1) is 21.8 Å². The van der Waals surface area contributed by atoms with Crippen LogP contribution >= 0.6 is 34.8 Å². The van der Waals surface area contributed by atoms with Crippen LogP contribution in [0.4, 0.5) is 5.69 Å².